The van der Waals surface area contributed by atoms with E-state index in [4.69, 9.17) is 9.31 Å². The van der Waals surface area contributed by atoms with Crippen LogP contribution in [0.4, 0.5) is 4.39 Å². The largest absolute Gasteiger partial charge is 0.494 e. The second-order valence-electron chi connectivity index (χ2n) is 6.57. The normalized spacial score (nSPS) is 19.4. The zero-order valence-electron chi connectivity index (χ0n) is 13.3. The predicted molar refractivity (Wildman–Crippen MR) is 85.3 cm³/mol. The third-order valence-corrected chi connectivity index (χ3v) is 4.43. The van der Waals surface area contributed by atoms with Crippen LogP contribution in [0.3, 0.4) is 0 Å². The van der Waals surface area contributed by atoms with E-state index in [2.05, 4.69) is 4.98 Å². The van der Waals surface area contributed by atoms with Crippen molar-refractivity contribution in [3.8, 4) is 11.3 Å². The van der Waals surface area contributed by atoms with Gasteiger partial charge in [0.05, 0.1) is 16.9 Å². The molecule has 0 atom stereocenters. The number of halogens is 1. The summed E-state index contributed by atoms with van der Waals surface area (Å²) in [6.45, 7) is 8.06. The average molecular weight is 299 g/mol. The van der Waals surface area contributed by atoms with Crippen LogP contribution in [0, 0.1) is 5.82 Å². The van der Waals surface area contributed by atoms with Crippen molar-refractivity contribution in [3.63, 3.8) is 0 Å². The minimum absolute atomic E-state index is 0.277. The quantitative estimate of drug-likeness (QED) is 0.798. The van der Waals surface area contributed by atoms with E-state index in [0.29, 0.717) is 5.69 Å². The molecule has 0 radical (unpaired) electrons. The van der Waals surface area contributed by atoms with E-state index in [1.807, 2.05) is 45.9 Å². The lowest BCUT2D eigenvalue weighted by atomic mass is 9.79. The molecule has 1 aromatic heterocycles. The molecule has 1 aromatic carbocycles. The molecule has 0 bridgehead atoms. The van der Waals surface area contributed by atoms with Crippen molar-refractivity contribution in [3.05, 3.63) is 48.4 Å². The fraction of sp³-hybridized carbons (Fsp3) is 0.353. The molecule has 2 heterocycles. The summed E-state index contributed by atoms with van der Waals surface area (Å²) in [5.74, 6) is -0.277. The molecule has 3 rings (SSSR count). The molecule has 1 fully saturated rings. The first-order chi connectivity index (χ1) is 10.3. The summed E-state index contributed by atoms with van der Waals surface area (Å²) < 4.78 is 25.5. The fourth-order valence-corrected chi connectivity index (χ4v) is 2.38. The SMILES string of the molecule is CC1(C)OB(c2ccnc(-c3cccc(F)c3)c2)OC1(C)C. The first-order valence-corrected chi connectivity index (χ1v) is 7.36. The van der Waals surface area contributed by atoms with Gasteiger partial charge in [-0.05, 0) is 57.4 Å². The molecule has 22 heavy (non-hydrogen) atoms. The van der Waals surface area contributed by atoms with E-state index >= 15 is 0 Å². The first kappa shape index (κ1) is 15.2. The van der Waals surface area contributed by atoms with Crippen molar-refractivity contribution in [2.24, 2.45) is 0 Å². The summed E-state index contributed by atoms with van der Waals surface area (Å²) in [7, 11) is -0.444. The van der Waals surface area contributed by atoms with Gasteiger partial charge in [-0.25, -0.2) is 4.39 Å². The number of nitrogens with zero attached hydrogens (tertiary/aromatic N) is 1. The van der Waals surface area contributed by atoms with Crippen LogP contribution in [0.15, 0.2) is 42.6 Å². The van der Waals surface area contributed by atoms with Gasteiger partial charge in [0, 0.05) is 11.8 Å². The molecule has 1 aliphatic rings. The minimum Gasteiger partial charge on any atom is -0.399 e. The molecule has 0 saturated carbocycles. The van der Waals surface area contributed by atoms with Crippen LogP contribution < -0.4 is 5.46 Å². The van der Waals surface area contributed by atoms with Crippen LogP contribution in [0.25, 0.3) is 11.3 Å². The van der Waals surface area contributed by atoms with Crippen molar-refractivity contribution in [2.45, 2.75) is 38.9 Å². The van der Waals surface area contributed by atoms with Crippen molar-refractivity contribution in [1.29, 1.82) is 0 Å². The minimum atomic E-state index is -0.444. The third kappa shape index (κ3) is 2.66. The maximum atomic E-state index is 13.4. The maximum Gasteiger partial charge on any atom is 0.494 e. The van der Waals surface area contributed by atoms with Crippen molar-refractivity contribution in [1.82, 2.24) is 4.98 Å². The highest BCUT2D eigenvalue weighted by Gasteiger charge is 2.51. The number of hydrogen-bond donors (Lipinski definition) is 0. The Hall–Kier alpha value is -1.72. The Morgan fingerprint density at radius 3 is 2.32 bits per heavy atom. The molecule has 0 amide bonds. The van der Waals surface area contributed by atoms with Crippen molar-refractivity contribution >= 4 is 12.6 Å². The Kier molecular flexibility index (Phi) is 3.58. The Bertz CT molecular complexity index is 687. The van der Waals surface area contributed by atoms with E-state index in [9.17, 15) is 4.39 Å². The van der Waals surface area contributed by atoms with Crippen LogP contribution in [0.5, 0.6) is 0 Å². The Balaban J connectivity index is 1.93. The fourth-order valence-electron chi connectivity index (χ4n) is 2.38. The second kappa shape index (κ2) is 5.18. The summed E-state index contributed by atoms with van der Waals surface area (Å²) in [6, 6.07) is 10.1. The molecule has 5 heteroatoms. The zero-order chi connectivity index (χ0) is 16.0. The van der Waals surface area contributed by atoms with E-state index in [1.165, 1.54) is 12.1 Å². The van der Waals surface area contributed by atoms with Crippen LogP contribution >= 0.6 is 0 Å². The standard InChI is InChI=1S/C17H19BFNO2/c1-16(2)17(3,4)22-18(21-16)13-8-9-20-15(11-13)12-6-5-7-14(19)10-12/h5-11H,1-4H3. The van der Waals surface area contributed by atoms with Gasteiger partial charge in [0.25, 0.3) is 0 Å². The molecule has 1 saturated heterocycles. The topological polar surface area (TPSA) is 31.4 Å². The molecule has 1 aliphatic heterocycles. The van der Waals surface area contributed by atoms with E-state index in [0.717, 1.165) is 11.0 Å². The molecule has 0 aliphatic carbocycles. The van der Waals surface area contributed by atoms with Gasteiger partial charge in [0.15, 0.2) is 0 Å². The van der Waals surface area contributed by atoms with Gasteiger partial charge in [0.2, 0.25) is 0 Å². The molecule has 114 valence electrons. The van der Waals surface area contributed by atoms with Gasteiger partial charge >= 0.3 is 7.12 Å². The lowest BCUT2D eigenvalue weighted by Gasteiger charge is -2.32. The first-order valence-electron chi connectivity index (χ1n) is 7.36. The summed E-state index contributed by atoms with van der Waals surface area (Å²) in [4.78, 5) is 4.32. The second-order valence-corrected chi connectivity index (χ2v) is 6.57. The number of benzene rings is 1. The van der Waals surface area contributed by atoms with Crippen molar-refractivity contribution < 1.29 is 13.7 Å². The molecular formula is C17H19BFNO2. The number of rotatable bonds is 2. The lowest BCUT2D eigenvalue weighted by molar-refractivity contribution is 0.00578. The summed E-state index contributed by atoms with van der Waals surface area (Å²) >= 11 is 0. The van der Waals surface area contributed by atoms with E-state index < -0.39 is 7.12 Å². The molecule has 2 aromatic rings. The van der Waals surface area contributed by atoms with Crippen LogP contribution in [-0.2, 0) is 9.31 Å². The zero-order valence-corrected chi connectivity index (χ0v) is 13.3. The summed E-state index contributed by atoms with van der Waals surface area (Å²) in [5.41, 5.74) is 1.54. The molecule has 0 N–H and O–H groups in total. The Labute approximate surface area is 130 Å². The van der Waals surface area contributed by atoms with Gasteiger partial charge in [-0.15, -0.1) is 0 Å². The van der Waals surface area contributed by atoms with Crippen LogP contribution in [0.1, 0.15) is 27.7 Å². The van der Waals surface area contributed by atoms with E-state index in [-0.39, 0.29) is 17.0 Å². The number of pyridine rings is 1. The van der Waals surface area contributed by atoms with Gasteiger partial charge in [-0.1, -0.05) is 12.1 Å². The lowest BCUT2D eigenvalue weighted by Crippen LogP contribution is -2.41. The molecule has 3 nitrogen and oxygen atoms in total. The van der Waals surface area contributed by atoms with Gasteiger partial charge < -0.3 is 9.31 Å². The van der Waals surface area contributed by atoms with Crippen LogP contribution in [0.2, 0.25) is 0 Å². The highest BCUT2D eigenvalue weighted by atomic mass is 19.1. The highest BCUT2D eigenvalue weighted by Crippen LogP contribution is 2.36. The van der Waals surface area contributed by atoms with Crippen molar-refractivity contribution in [2.75, 3.05) is 0 Å². The third-order valence-electron chi connectivity index (χ3n) is 4.43. The Morgan fingerprint density at radius 1 is 1.00 bits per heavy atom. The number of hydrogen-bond acceptors (Lipinski definition) is 3. The van der Waals surface area contributed by atoms with Gasteiger partial charge in [-0.2, -0.15) is 0 Å². The van der Waals surface area contributed by atoms with Crippen LogP contribution in [-0.4, -0.2) is 23.3 Å². The van der Waals surface area contributed by atoms with Gasteiger partial charge in [-0.3, -0.25) is 4.98 Å². The molecule has 0 unspecified atom stereocenters. The smallest absolute Gasteiger partial charge is 0.399 e. The monoisotopic (exact) mass is 299 g/mol. The van der Waals surface area contributed by atoms with E-state index in [1.54, 1.807) is 12.3 Å². The maximum absolute atomic E-state index is 13.4. The molecule has 0 spiro atoms. The predicted octanol–water partition coefficient (Wildman–Crippen LogP) is 3.19. The number of aromatic nitrogens is 1. The average Bonchev–Trinajstić information content (AvgIpc) is 2.68. The summed E-state index contributed by atoms with van der Waals surface area (Å²) in [6.07, 6.45) is 1.70. The molecular weight excluding hydrogens is 280 g/mol. The Morgan fingerprint density at radius 2 is 1.68 bits per heavy atom. The highest BCUT2D eigenvalue weighted by molar-refractivity contribution is 6.62. The van der Waals surface area contributed by atoms with Gasteiger partial charge in [0.1, 0.15) is 5.82 Å². The summed E-state index contributed by atoms with van der Waals surface area (Å²) in [5, 5.41) is 0.